The Morgan fingerprint density at radius 1 is 1.56 bits per heavy atom. The average molecular weight is 433 g/mol. The van der Waals surface area contributed by atoms with E-state index in [1.807, 2.05) is 0 Å². The van der Waals surface area contributed by atoms with E-state index in [2.05, 4.69) is 14.7 Å². The number of ether oxygens (including phenoxy) is 1. The molecule has 0 saturated heterocycles. The van der Waals surface area contributed by atoms with Crippen LogP contribution in [-0.2, 0) is 11.3 Å². The molecule has 2 aromatic rings. The standard InChI is InChI=1S/C10H10N2O3.Ac/c1-15-10(14)6-3-2-4-7-9(6)12-8(5-13)11-7;/h2-4,13H,5H2,1H3,(H,11,12);. The zero-order valence-electron chi connectivity index (χ0n) is 8.73. The molecule has 5 nitrogen and oxygen atoms in total. The molecule has 1 aromatic heterocycles. The van der Waals surface area contributed by atoms with Crippen molar-refractivity contribution in [1.29, 1.82) is 0 Å². The van der Waals surface area contributed by atoms with Crippen LogP contribution in [0.15, 0.2) is 18.2 Å². The summed E-state index contributed by atoms with van der Waals surface area (Å²) < 4.78 is 4.63. The largest absolute Gasteiger partial charge is 0.465 e. The van der Waals surface area contributed by atoms with Crippen LogP contribution >= 0.6 is 0 Å². The third-order valence-corrected chi connectivity index (χ3v) is 2.12. The number of nitrogens with one attached hydrogen (secondary N) is 1. The molecule has 1 aromatic carbocycles. The van der Waals surface area contributed by atoms with E-state index in [1.165, 1.54) is 7.11 Å². The van der Waals surface area contributed by atoms with Crippen LogP contribution in [0.1, 0.15) is 16.2 Å². The van der Waals surface area contributed by atoms with Gasteiger partial charge in [-0.2, -0.15) is 0 Å². The number of imidazole rings is 1. The summed E-state index contributed by atoms with van der Waals surface area (Å²) in [4.78, 5) is 18.4. The van der Waals surface area contributed by atoms with Crippen LogP contribution in [0.3, 0.4) is 0 Å². The number of H-pyrrole nitrogens is 1. The molecule has 0 amide bonds. The van der Waals surface area contributed by atoms with E-state index in [1.54, 1.807) is 18.2 Å². The zero-order chi connectivity index (χ0) is 10.8. The summed E-state index contributed by atoms with van der Waals surface area (Å²) in [6.07, 6.45) is 0. The molecular weight excluding hydrogens is 423 g/mol. The van der Waals surface area contributed by atoms with E-state index in [0.29, 0.717) is 22.4 Å². The molecule has 0 saturated carbocycles. The normalized spacial score (nSPS) is 9.88. The maximum Gasteiger partial charge on any atom is 0.340 e. The second-order valence-electron chi connectivity index (χ2n) is 3.03. The van der Waals surface area contributed by atoms with Gasteiger partial charge < -0.3 is 14.8 Å². The fourth-order valence-electron chi connectivity index (χ4n) is 1.43. The number of aliphatic hydroxyl groups excluding tert-OH is 1. The summed E-state index contributed by atoms with van der Waals surface area (Å²) in [7, 11) is 1.32. The number of aliphatic hydroxyl groups is 1. The van der Waals surface area contributed by atoms with Crippen molar-refractivity contribution in [1.82, 2.24) is 9.97 Å². The number of hydrogen-bond acceptors (Lipinski definition) is 4. The van der Waals surface area contributed by atoms with E-state index in [4.69, 9.17) is 5.11 Å². The molecule has 0 aliphatic rings. The predicted molar refractivity (Wildman–Crippen MR) is 53.4 cm³/mol. The number of carbonyl (C=O) groups is 1. The SMILES string of the molecule is COC(=O)c1cccc2[nH]c(CO)nc12.[Ac]. The number of esters is 1. The number of hydrogen-bond donors (Lipinski definition) is 2. The van der Waals surface area contributed by atoms with Crippen molar-refractivity contribution in [2.24, 2.45) is 0 Å². The number of methoxy groups -OCH3 is 1. The molecule has 0 aliphatic heterocycles. The quantitative estimate of drug-likeness (QED) is 0.689. The molecule has 1 heterocycles. The van der Waals surface area contributed by atoms with Crippen LogP contribution in [0, 0.1) is 44.1 Å². The van der Waals surface area contributed by atoms with Crippen LogP contribution in [0.5, 0.6) is 0 Å². The van der Waals surface area contributed by atoms with Crippen molar-refractivity contribution < 1.29 is 58.7 Å². The van der Waals surface area contributed by atoms with Crippen LogP contribution in [-0.4, -0.2) is 28.2 Å². The molecule has 0 atom stereocenters. The molecular formula is C10H10AcN2O3. The van der Waals surface area contributed by atoms with Crippen molar-refractivity contribution in [2.45, 2.75) is 6.61 Å². The summed E-state index contributed by atoms with van der Waals surface area (Å²) in [6, 6.07) is 5.15. The van der Waals surface area contributed by atoms with Gasteiger partial charge in [0, 0.05) is 44.1 Å². The minimum absolute atomic E-state index is 0. The smallest absolute Gasteiger partial charge is 0.340 e. The van der Waals surface area contributed by atoms with Gasteiger partial charge in [0.05, 0.1) is 18.2 Å². The number of carbonyl (C=O) groups excluding carboxylic acids is 1. The zero-order valence-corrected chi connectivity index (χ0v) is 13.5. The monoisotopic (exact) mass is 433 g/mol. The Hall–Kier alpha value is -0.438. The van der Waals surface area contributed by atoms with Crippen LogP contribution in [0.25, 0.3) is 11.0 Å². The molecule has 0 fully saturated rings. The number of aromatic amines is 1. The molecule has 0 bridgehead atoms. The van der Waals surface area contributed by atoms with Gasteiger partial charge in [0.25, 0.3) is 0 Å². The van der Waals surface area contributed by atoms with E-state index in [-0.39, 0.29) is 50.7 Å². The van der Waals surface area contributed by atoms with Gasteiger partial charge in [-0.1, -0.05) is 6.07 Å². The molecule has 81 valence electrons. The van der Waals surface area contributed by atoms with Gasteiger partial charge >= 0.3 is 5.97 Å². The Kier molecular flexibility index (Phi) is 4.91. The summed E-state index contributed by atoms with van der Waals surface area (Å²) in [5.41, 5.74) is 1.63. The van der Waals surface area contributed by atoms with Crippen molar-refractivity contribution in [3.63, 3.8) is 0 Å². The maximum absolute atomic E-state index is 11.4. The Balaban J connectivity index is 0.00000128. The minimum atomic E-state index is -0.434. The Labute approximate surface area is 128 Å². The molecule has 16 heavy (non-hydrogen) atoms. The van der Waals surface area contributed by atoms with E-state index < -0.39 is 5.97 Å². The Morgan fingerprint density at radius 2 is 2.31 bits per heavy atom. The number of aromatic nitrogens is 2. The summed E-state index contributed by atoms with van der Waals surface area (Å²) >= 11 is 0. The fourth-order valence-corrected chi connectivity index (χ4v) is 1.43. The first kappa shape index (κ1) is 13.6. The first-order valence-corrected chi connectivity index (χ1v) is 4.43. The molecule has 2 N–H and O–H groups in total. The third kappa shape index (κ3) is 2.45. The maximum atomic E-state index is 11.4. The van der Waals surface area contributed by atoms with Crippen LogP contribution < -0.4 is 0 Å². The second kappa shape index (κ2) is 5.76. The van der Waals surface area contributed by atoms with E-state index >= 15 is 0 Å². The molecule has 1 radical (unpaired) electrons. The molecule has 6 heteroatoms. The second-order valence-corrected chi connectivity index (χ2v) is 3.03. The van der Waals surface area contributed by atoms with Crippen molar-refractivity contribution in [2.75, 3.05) is 7.11 Å². The molecule has 0 spiro atoms. The minimum Gasteiger partial charge on any atom is -0.465 e. The number of benzene rings is 1. The predicted octanol–water partition coefficient (Wildman–Crippen LogP) is 0.842. The summed E-state index contributed by atoms with van der Waals surface area (Å²) in [5, 5.41) is 8.92. The van der Waals surface area contributed by atoms with Gasteiger partial charge in [-0.25, -0.2) is 9.78 Å². The Bertz CT molecular complexity index is 510. The van der Waals surface area contributed by atoms with Gasteiger partial charge in [-0.15, -0.1) is 0 Å². The molecule has 0 unspecified atom stereocenters. The van der Waals surface area contributed by atoms with Crippen molar-refractivity contribution >= 4 is 17.0 Å². The first-order chi connectivity index (χ1) is 7.26. The number of fused-ring (bicyclic) bond motifs is 1. The third-order valence-electron chi connectivity index (χ3n) is 2.12. The van der Waals surface area contributed by atoms with Gasteiger partial charge in [-0.05, 0) is 12.1 Å². The van der Waals surface area contributed by atoms with Gasteiger partial charge in [0.15, 0.2) is 0 Å². The number of para-hydroxylation sites is 1. The average Bonchev–Trinajstić information content (AvgIpc) is 2.70. The molecule has 0 aliphatic carbocycles. The van der Waals surface area contributed by atoms with E-state index in [0.717, 1.165) is 0 Å². The van der Waals surface area contributed by atoms with Gasteiger partial charge in [0.1, 0.15) is 17.9 Å². The van der Waals surface area contributed by atoms with Crippen molar-refractivity contribution in [3.05, 3.63) is 29.6 Å². The van der Waals surface area contributed by atoms with Crippen LogP contribution in [0.4, 0.5) is 0 Å². The molecule has 2 rings (SSSR count). The van der Waals surface area contributed by atoms with Gasteiger partial charge in [0.2, 0.25) is 0 Å². The summed E-state index contributed by atoms with van der Waals surface area (Å²) in [5.74, 6) is -0.00190. The van der Waals surface area contributed by atoms with Gasteiger partial charge in [-0.3, -0.25) is 0 Å². The Morgan fingerprint density at radius 3 is 2.94 bits per heavy atom. The summed E-state index contributed by atoms with van der Waals surface area (Å²) in [6.45, 7) is -0.185. The fraction of sp³-hybridized carbons (Fsp3) is 0.200. The first-order valence-electron chi connectivity index (χ1n) is 4.43. The topological polar surface area (TPSA) is 75.2 Å². The van der Waals surface area contributed by atoms with Crippen LogP contribution in [0.2, 0.25) is 0 Å². The van der Waals surface area contributed by atoms with E-state index in [9.17, 15) is 4.79 Å². The van der Waals surface area contributed by atoms with Crippen molar-refractivity contribution in [3.8, 4) is 0 Å². The number of rotatable bonds is 2. The number of nitrogens with zero attached hydrogens (tertiary/aromatic N) is 1.